The molecule has 0 radical (unpaired) electrons. The molecule has 2 saturated heterocycles. The molecule has 0 unspecified atom stereocenters. The van der Waals surface area contributed by atoms with Crippen LogP contribution in [0.2, 0.25) is 0 Å². The number of carbonyl (C=O) groups is 1. The number of halogens is 3. The quantitative estimate of drug-likeness (QED) is 0.617. The summed E-state index contributed by atoms with van der Waals surface area (Å²) in [6.45, 7) is 7.12. The Morgan fingerprint density at radius 3 is 2.44 bits per heavy atom. The standard InChI is InChI=1S/C26H32F3N3O2/c1-3-25(33)32-17-20(24(18-32)19-6-4-7-21(14-19)26(27,28)29)16-30-10-12-31(13-11-30)22-8-5-9-23(15-22)34-2/h4-9,14-15,20,24H,3,10-13,16-18H2,1-2H3/t20-,24+/m1/s1. The maximum Gasteiger partial charge on any atom is 0.416 e. The van der Waals surface area contributed by atoms with E-state index >= 15 is 0 Å². The fourth-order valence-corrected chi connectivity index (χ4v) is 5.13. The van der Waals surface area contributed by atoms with Crippen LogP contribution in [0.15, 0.2) is 48.5 Å². The Hall–Kier alpha value is -2.74. The van der Waals surface area contributed by atoms with E-state index in [4.69, 9.17) is 4.74 Å². The minimum atomic E-state index is -4.38. The number of anilines is 1. The highest BCUT2D eigenvalue weighted by molar-refractivity contribution is 5.76. The SMILES string of the molecule is CCC(=O)N1C[C@@H](CN2CCN(c3cccc(OC)c3)CC2)[C@H](c2cccc(C(F)(F)F)c2)C1. The third-order valence-electron chi connectivity index (χ3n) is 7.02. The van der Waals surface area contributed by atoms with Crippen LogP contribution in [0.1, 0.15) is 30.4 Å². The van der Waals surface area contributed by atoms with Crippen molar-refractivity contribution in [3.63, 3.8) is 0 Å². The first-order chi connectivity index (χ1) is 16.3. The molecular formula is C26H32F3N3O2. The molecule has 8 heteroatoms. The number of hydrogen-bond acceptors (Lipinski definition) is 4. The minimum absolute atomic E-state index is 0.0577. The second-order valence-electron chi connectivity index (χ2n) is 9.13. The molecule has 0 bridgehead atoms. The first-order valence-corrected chi connectivity index (χ1v) is 11.8. The maximum atomic E-state index is 13.3. The van der Waals surface area contributed by atoms with E-state index in [0.29, 0.717) is 25.1 Å². The fraction of sp³-hybridized carbons (Fsp3) is 0.500. The van der Waals surface area contributed by atoms with Crippen molar-refractivity contribution in [2.45, 2.75) is 25.4 Å². The van der Waals surface area contributed by atoms with Gasteiger partial charge in [0.2, 0.25) is 5.91 Å². The maximum absolute atomic E-state index is 13.3. The third-order valence-corrected chi connectivity index (χ3v) is 7.02. The normalized spacial score (nSPS) is 21.7. The van der Waals surface area contributed by atoms with Gasteiger partial charge in [0.25, 0.3) is 0 Å². The van der Waals surface area contributed by atoms with Crippen molar-refractivity contribution < 1.29 is 22.7 Å². The number of amides is 1. The van der Waals surface area contributed by atoms with E-state index in [2.05, 4.69) is 15.9 Å². The van der Waals surface area contributed by atoms with Gasteiger partial charge >= 0.3 is 6.18 Å². The van der Waals surface area contributed by atoms with Gasteiger partial charge in [-0.3, -0.25) is 9.69 Å². The van der Waals surface area contributed by atoms with Crippen molar-refractivity contribution in [1.82, 2.24) is 9.80 Å². The second kappa shape index (κ2) is 10.3. The molecule has 5 nitrogen and oxygen atoms in total. The van der Waals surface area contributed by atoms with Gasteiger partial charge in [0, 0.05) is 69.9 Å². The van der Waals surface area contributed by atoms with E-state index in [0.717, 1.165) is 50.2 Å². The molecule has 2 heterocycles. The van der Waals surface area contributed by atoms with Gasteiger partial charge in [-0.15, -0.1) is 0 Å². The molecule has 34 heavy (non-hydrogen) atoms. The highest BCUT2D eigenvalue weighted by atomic mass is 19.4. The van der Waals surface area contributed by atoms with Crippen LogP contribution in [-0.2, 0) is 11.0 Å². The highest BCUT2D eigenvalue weighted by Gasteiger charge is 2.38. The van der Waals surface area contributed by atoms with E-state index in [1.165, 1.54) is 12.1 Å². The lowest BCUT2D eigenvalue weighted by Crippen LogP contribution is -2.48. The first-order valence-electron chi connectivity index (χ1n) is 11.8. The number of hydrogen-bond donors (Lipinski definition) is 0. The summed E-state index contributed by atoms with van der Waals surface area (Å²) in [5.74, 6) is 0.884. The molecule has 1 amide bonds. The average Bonchev–Trinajstić information content (AvgIpc) is 3.27. The molecule has 2 aromatic carbocycles. The minimum Gasteiger partial charge on any atom is -0.497 e. The molecule has 0 aliphatic carbocycles. The summed E-state index contributed by atoms with van der Waals surface area (Å²) >= 11 is 0. The summed E-state index contributed by atoms with van der Waals surface area (Å²) < 4.78 is 45.3. The lowest BCUT2D eigenvalue weighted by Gasteiger charge is -2.38. The van der Waals surface area contributed by atoms with Crippen molar-refractivity contribution >= 4 is 11.6 Å². The Morgan fingerprint density at radius 1 is 1.03 bits per heavy atom. The van der Waals surface area contributed by atoms with Gasteiger partial charge in [-0.25, -0.2) is 0 Å². The van der Waals surface area contributed by atoms with Crippen LogP contribution < -0.4 is 9.64 Å². The summed E-state index contributed by atoms with van der Waals surface area (Å²) in [6.07, 6.45) is -3.97. The summed E-state index contributed by atoms with van der Waals surface area (Å²) in [4.78, 5) is 18.9. The lowest BCUT2D eigenvalue weighted by molar-refractivity contribution is -0.137. The third kappa shape index (κ3) is 5.49. The number of ether oxygens (including phenoxy) is 1. The van der Waals surface area contributed by atoms with Crippen molar-refractivity contribution in [3.05, 3.63) is 59.7 Å². The van der Waals surface area contributed by atoms with Gasteiger partial charge < -0.3 is 14.5 Å². The Balaban J connectivity index is 1.45. The van der Waals surface area contributed by atoms with E-state index in [1.54, 1.807) is 13.2 Å². The number of methoxy groups -OCH3 is 1. The van der Waals surface area contributed by atoms with Crippen LogP contribution in [-0.4, -0.2) is 68.6 Å². The molecule has 0 aromatic heterocycles. The topological polar surface area (TPSA) is 36.0 Å². The lowest BCUT2D eigenvalue weighted by atomic mass is 9.87. The fourth-order valence-electron chi connectivity index (χ4n) is 5.13. The number of alkyl halides is 3. The Kier molecular flexibility index (Phi) is 7.36. The van der Waals surface area contributed by atoms with Crippen molar-refractivity contribution in [2.24, 2.45) is 5.92 Å². The number of likely N-dealkylation sites (tertiary alicyclic amines) is 1. The van der Waals surface area contributed by atoms with Crippen molar-refractivity contribution in [2.75, 3.05) is 57.8 Å². The predicted molar refractivity (Wildman–Crippen MR) is 126 cm³/mol. The molecule has 4 rings (SSSR count). The number of carbonyl (C=O) groups excluding carboxylic acids is 1. The number of rotatable bonds is 6. The molecule has 184 valence electrons. The molecule has 2 aromatic rings. The zero-order chi connectivity index (χ0) is 24.3. The molecule has 2 fully saturated rings. The Labute approximate surface area is 199 Å². The van der Waals surface area contributed by atoms with Crippen LogP contribution >= 0.6 is 0 Å². The average molecular weight is 476 g/mol. The zero-order valence-corrected chi connectivity index (χ0v) is 19.7. The summed E-state index contributed by atoms with van der Waals surface area (Å²) in [6, 6.07) is 13.6. The van der Waals surface area contributed by atoms with Crippen LogP contribution in [0, 0.1) is 5.92 Å². The molecule has 2 aliphatic rings. The monoisotopic (exact) mass is 475 g/mol. The number of piperazine rings is 1. The summed E-state index contributed by atoms with van der Waals surface area (Å²) in [5.41, 5.74) is 1.17. The van der Waals surface area contributed by atoms with Crippen molar-refractivity contribution in [1.29, 1.82) is 0 Å². The Morgan fingerprint density at radius 2 is 1.76 bits per heavy atom. The van der Waals surface area contributed by atoms with E-state index in [9.17, 15) is 18.0 Å². The highest BCUT2D eigenvalue weighted by Crippen LogP contribution is 2.37. The molecule has 2 atom stereocenters. The largest absolute Gasteiger partial charge is 0.497 e. The molecule has 0 N–H and O–H groups in total. The second-order valence-corrected chi connectivity index (χ2v) is 9.13. The van der Waals surface area contributed by atoms with E-state index < -0.39 is 11.7 Å². The first kappa shape index (κ1) is 24.4. The molecule has 0 spiro atoms. The summed E-state index contributed by atoms with van der Waals surface area (Å²) in [5, 5.41) is 0. The van der Waals surface area contributed by atoms with Crippen LogP contribution in [0.5, 0.6) is 5.75 Å². The van der Waals surface area contributed by atoms with Gasteiger partial charge in [0.1, 0.15) is 5.75 Å². The predicted octanol–water partition coefficient (Wildman–Crippen LogP) is 4.49. The van der Waals surface area contributed by atoms with Gasteiger partial charge in [-0.1, -0.05) is 31.2 Å². The van der Waals surface area contributed by atoms with Crippen LogP contribution in [0.3, 0.4) is 0 Å². The smallest absolute Gasteiger partial charge is 0.416 e. The van der Waals surface area contributed by atoms with E-state index in [-0.39, 0.29) is 17.7 Å². The van der Waals surface area contributed by atoms with Gasteiger partial charge in [-0.05, 0) is 29.7 Å². The van der Waals surface area contributed by atoms with Gasteiger partial charge in [-0.2, -0.15) is 13.2 Å². The molecular weight excluding hydrogens is 443 g/mol. The van der Waals surface area contributed by atoms with E-state index in [1.807, 2.05) is 30.0 Å². The van der Waals surface area contributed by atoms with Gasteiger partial charge in [0.05, 0.1) is 12.7 Å². The zero-order valence-electron chi connectivity index (χ0n) is 19.7. The Bertz CT molecular complexity index is 989. The molecule has 2 aliphatic heterocycles. The number of nitrogens with zero attached hydrogens (tertiary/aromatic N) is 3. The van der Waals surface area contributed by atoms with Crippen LogP contribution in [0.4, 0.5) is 18.9 Å². The van der Waals surface area contributed by atoms with Crippen molar-refractivity contribution in [3.8, 4) is 5.75 Å². The van der Waals surface area contributed by atoms with Crippen LogP contribution in [0.25, 0.3) is 0 Å². The van der Waals surface area contributed by atoms with Gasteiger partial charge in [0.15, 0.2) is 0 Å². The molecule has 0 saturated carbocycles. The summed E-state index contributed by atoms with van der Waals surface area (Å²) in [7, 11) is 1.66. The number of benzene rings is 2.